The van der Waals surface area contributed by atoms with Crippen LogP contribution in [0.15, 0.2) is 60.7 Å². The zero-order chi connectivity index (χ0) is 23.9. The topological polar surface area (TPSA) is 33.7 Å². The van der Waals surface area contributed by atoms with Gasteiger partial charge in [-0.1, -0.05) is 43.1 Å². The summed E-state index contributed by atoms with van der Waals surface area (Å²) in [6.45, 7) is 5.15. The second-order valence-corrected chi connectivity index (χ2v) is 9.34. The normalized spacial score (nSPS) is 14.1. The number of methoxy groups -OCH3 is 2. The number of benzene rings is 3. The van der Waals surface area contributed by atoms with Crippen LogP contribution in [0.1, 0.15) is 37.3 Å². The average molecular weight is 479 g/mol. The van der Waals surface area contributed by atoms with Gasteiger partial charge in [-0.2, -0.15) is 0 Å². The highest BCUT2D eigenvalue weighted by Crippen LogP contribution is 2.37. The van der Waals surface area contributed by atoms with E-state index in [1.807, 2.05) is 12.1 Å². The second-order valence-electron chi connectivity index (χ2n) is 8.91. The molecular formula is C29H35ClN2O2. The van der Waals surface area contributed by atoms with Gasteiger partial charge in [-0.25, -0.2) is 0 Å². The van der Waals surface area contributed by atoms with Crippen molar-refractivity contribution in [2.24, 2.45) is 0 Å². The summed E-state index contributed by atoms with van der Waals surface area (Å²) in [4.78, 5) is 2.54. The van der Waals surface area contributed by atoms with Crippen molar-refractivity contribution in [3.63, 3.8) is 0 Å². The van der Waals surface area contributed by atoms with Crippen LogP contribution >= 0.6 is 11.6 Å². The van der Waals surface area contributed by atoms with Gasteiger partial charge in [0.1, 0.15) is 0 Å². The summed E-state index contributed by atoms with van der Waals surface area (Å²) in [5, 5.41) is 4.26. The maximum Gasteiger partial charge on any atom is 0.163 e. The number of nitrogens with zero attached hydrogens (tertiary/aromatic N) is 1. The Balaban J connectivity index is 1.67. The Kier molecular flexibility index (Phi) is 8.36. The zero-order valence-electron chi connectivity index (χ0n) is 20.4. The van der Waals surface area contributed by atoms with E-state index >= 15 is 0 Å². The molecule has 0 amide bonds. The Morgan fingerprint density at radius 3 is 2.38 bits per heavy atom. The molecule has 4 nitrogen and oxygen atoms in total. The highest BCUT2D eigenvalue weighted by Gasteiger charge is 2.22. The van der Waals surface area contributed by atoms with Crippen molar-refractivity contribution in [3.8, 4) is 22.6 Å². The molecule has 5 heteroatoms. The lowest BCUT2D eigenvalue weighted by molar-refractivity contribution is 0.351. The molecule has 34 heavy (non-hydrogen) atoms. The molecule has 0 spiro atoms. The van der Waals surface area contributed by atoms with Crippen molar-refractivity contribution in [2.75, 3.05) is 32.2 Å². The molecule has 0 saturated carbocycles. The van der Waals surface area contributed by atoms with Crippen molar-refractivity contribution in [1.82, 2.24) is 5.32 Å². The van der Waals surface area contributed by atoms with E-state index in [4.69, 9.17) is 21.1 Å². The average Bonchev–Trinajstić information content (AvgIpc) is 2.88. The fourth-order valence-electron chi connectivity index (χ4n) is 4.89. The molecule has 180 valence electrons. The standard InChI is InChI=1S/C29H35ClN2O2/c1-4-6-23-18-24(19-28(33-2)29(23)34-3)22-8-5-7-21(17-22)20-32(27-13-15-31-16-14-27)26-11-9-25(30)10-12-26/h5,7-12,17-19,27,31H,4,6,13-16,20H2,1-3H3. The molecule has 0 radical (unpaired) electrons. The monoisotopic (exact) mass is 478 g/mol. The van der Waals surface area contributed by atoms with E-state index in [1.165, 1.54) is 22.4 Å². The largest absolute Gasteiger partial charge is 0.493 e. The van der Waals surface area contributed by atoms with Crippen molar-refractivity contribution >= 4 is 17.3 Å². The minimum atomic E-state index is 0.503. The van der Waals surface area contributed by atoms with Gasteiger partial charge in [-0.3, -0.25) is 0 Å². The maximum atomic E-state index is 6.18. The number of hydrogen-bond acceptors (Lipinski definition) is 4. The summed E-state index contributed by atoms with van der Waals surface area (Å²) < 4.78 is 11.3. The van der Waals surface area contributed by atoms with Crippen LogP contribution in [0.4, 0.5) is 5.69 Å². The summed E-state index contributed by atoms with van der Waals surface area (Å²) in [6.07, 6.45) is 4.28. The molecule has 0 aromatic heterocycles. The minimum Gasteiger partial charge on any atom is -0.493 e. The highest BCUT2D eigenvalue weighted by molar-refractivity contribution is 6.30. The quantitative estimate of drug-likeness (QED) is 0.369. The third-order valence-corrected chi connectivity index (χ3v) is 6.85. The lowest BCUT2D eigenvalue weighted by atomic mass is 9.97. The second kappa shape index (κ2) is 11.6. The van der Waals surface area contributed by atoms with Crippen LogP contribution in [0.25, 0.3) is 11.1 Å². The van der Waals surface area contributed by atoms with E-state index in [9.17, 15) is 0 Å². The molecule has 1 N–H and O–H groups in total. The molecule has 3 aromatic rings. The van der Waals surface area contributed by atoms with Gasteiger partial charge >= 0.3 is 0 Å². The van der Waals surface area contributed by atoms with E-state index in [1.54, 1.807) is 14.2 Å². The van der Waals surface area contributed by atoms with Crippen LogP contribution in [-0.4, -0.2) is 33.4 Å². The highest BCUT2D eigenvalue weighted by atomic mass is 35.5. The first-order valence-electron chi connectivity index (χ1n) is 12.2. The Morgan fingerprint density at radius 2 is 1.71 bits per heavy atom. The van der Waals surface area contributed by atoms with Gasteiger partial charge in [0.2, 0.25) is 0 Å². The first-order valence-corrected chi connectivity index (χ1v) is 12.6. The number of piperidine rings is 1. The van der Waals surface area contributed by atoms with Gasteiger partial charge in [0.15, 0.2) is 11.5 Å². The van der Waals surface area contributed by atoms with Gasteiger partial charge in [0.05, 0.1) is 14.2 Å². The molecule has 0 atom stereocenters. The zero-order valence-corrected chi connectivity index (χ0v) is 21.2. The summed E-state index contributed by atoms with van der Waals surface area (Å²) in [6, 6.07) is 21.9. The van der Waals surface area contributed by atoms with Crippen molar-refractivity contribution in [1.29, 1.82) is 0 Å². The fourth-order valence-corrected chi connectivity index (χ4v) is 5.02. The number of halogens is 1. The molecule has 1 aliphatic rings. The summed E-state index contributed by atoms with van der Waals surface area (Å²) in [5.41, 5.74) is 6.04. The maximum absolute atomic E-state index is 6.18. The lowest BCUT2D eigenvalue weighted by Gasteiger charge is -2.36. The summed E-state index contributed by atoms with van der Waals surface area (Å²) >= 11 is 6.18. The predicted octanol–water partition coefficient (Wildman–Crippen LogP) is 6.74. The van der Waals surface area contributed by atoms with Crippen LogP contribution < -0.4 is 19.7 Å². The molecule has 1 saturated heterocycles. The van der Waals surface area contributed by atoms with Gasteiger partial charge in [0.25, 0.3) is 0 Å². The molecular weight excluding hydrogens is 444 g/mol. The molecule has 4 rings (SSSR count). The van der Waals surface area contributed by atoms with Crippen LogP contribution in [0.3, 0.4) is 0 Å². The van der Waals surface area contributed by atoms with Crippen LogP contribution in [0.2, 0.25) is 5.02 Å². The molecule has 3 aromatic carbocycles. The van der Waals surface area contributed by atoms with E-state index in [0.29, 0.717) is 6.04 Å². The SMILES string of the molecule is CCCc1cc(-c2cccc(CN(c3ccc(Cl)cc3)C3CCNCC3)c2)cc(OC)c1OC. The number of hydrogen-bond donors (Lipinski definition) is 1. The molecule has 0 bridgehead atoms. The Hall–Kier alpha value is -2.69. The first-order chi connectivity index (χ1) is 16.6. The number of nitrogens with one attached hydrogen (secondary N) is 1. The predicted molar refractivity (Wildman–Crippen MR) is 143 cm³/mol. The van der Waals surface area contributed by atoms with E-state index in [-0.39, 0.29) is 0 Å². The summed E-state index contributed by atoms with van der Waals surface area (Å²) in [7, 11) is 3.42. The van der Waals surface area contributed by atoms with Gasteiger partial charge in [0, 0.05) is 23.3 Å². The fraction of sp³-hybridized carbons (Fsp3) is 0.379. The Labute approximate surface area is 208 Å². The van der Waals surface area contributed by atoms with Crippen LogP contribution in [0, 0.1) is 0 Å². The molecule has 1 heterocycles. The number of anilines is 1. The van der Waals surface area contributed by atoms with E-state index in [2.05, 4.69) is 65.7 Å². The third-order valence-electron chi connectivity index (χ3n) is 6.60. The van der Waals surface area contributed by atoms with E-state index < -0.39 is 0 Å². The number of rotatable bonds is 9. The third kappa shape index (κ3) is 5.68. The van der Waals surface area contributed by atoms with Gasteiger partial charge in [-0.15, -0.1) is 0 Å². The van der Waals surface area contributed by atoms with Gasteiger partial charge in [-0.05, 0) is 97.1 Å². The Bertz CT molecular complexity index is 1080. The van der Waals surface area contributed by atoms with E-state index in [0.717, 1.165) is 67.4 Å². The molecule has 0 unspecified atom stereocenters. The number of aryl methyl sites for hydroxylation is 1. The molecule has 1 aliphatic heterocycles. The van der Waals surface area contributed by atoms with Crippen LogP contribution in [-0.2, 0) is 13.0 Å². The summed E-state index contributed by atoms with van der Waals surface area (Å²) in [5.74, 6) is 1.62. The van der Waals surface area contributed by atoms with Crippen LogP contribution in [0.5, 0.6) is 11.5 Å². The molecule has 0 aliphatic carbocycles. The van der Waals surface area contributed by atoms with Crippen molar-refractivity contribution in [3.05, 3.63) is 76.8 Å². The Morgan fingerprint density at radius 1 is 0.941 bits per heavy atom. The van der Waals surface area contributed by atoms with Crippen molar-refractivity contribution < 1.29 is 9.47 Å². The lowest BCUT2D eigenvalue weighted by Crippen LogP contribution is -2.43. The van der Waals surface area contributed by atoms with Gasteiger partial charge < -0.3 is 19.7 Å². The number of ether oxygens (including phenoxy) is 2. The first kappa shape index (κ1) is 24.4. The minimum absolute atomic E-state index is 0.503. The van der Waals surface area contributed by atoms with Crippen molar-refractivity contribution in [2.45, 2.75) is 45.2 Å². The molecule has 1 fully saturated rings. The smallest absolute Gasteiger partial charge is 0.163 e.